The summed E-state index contributed by atoms with van der Waals surface area (Å²) in [6.45, 7) is 3.81. The summed E-state index contributed by atoms with van der Waals surface area (Å²) >= 11 is 0. The molecule has 3 nitrogen and oxygen atoms in total. The van der Waals surface area contributed by atoms with E-state index in [4.69, 9.17) is 5.11 Å². The summed E-state index contributed by atoms with van der Waals surface area (Å²) in [6, 6.07) is 0. The quantitative estimate of drug-likeness (QED) is 0.623. The van der Waals surface area contributed by atoms with Crippen LogP contribution < -0.4 is 0 Å². The lowest BCUT2D eigenvalue weighted by atomic mass is 10.1. The molecule has 0 saturated heterocycles. The van der Waals surface area contributed by atoms with Crippen LogP contribution in [0.25, 0.3) is 0 Å². The van der Waals surface area contributed by atoms with E-state index in [0.717, 1.165) is 11.1 Å². The van der Waals surface area contributed by atoms with Crippen LogP contribution in [0.2, 0.25) is 0 Å². The van der Waals surface area contributed by atoms with Crippen molar-refractivity contribution in [2.75, 3.05) is 5.75 Å². The van der Waals surface area contributed by atoms with Crippen LogP contribution in [0.5, 0.6) is 0 Å². The van der Waals surface area contributed by atoms with Crippen molar-refractivity contribution >= 4 is 16.8 Å². The van der Waals surface area contributed by atoms with E-state index in [9.17, 15) is 9.00 Å². The van der Waals surface area contributed by atoms with Crippen molar-refractivity contribution in [2.45, 2.75) is 25.5 Å². The van der Waals surface area contributed by atoms with Gasteiger partial charge in [-0.25, -0.2) is 0 Å². The van der Waals surface area contributed by atoms with Crippen molar-refractivity contribution in [1.82, 2.24) is 0 Å². The van der Waals surface area contributed by atoms with Crippen LogP contribution in [0, 0.1) is 0 Å². The Bertz CT molecular complexity index is 267. The SMILES string of the molecule is CC1=C(C)CS(=O)C(C(=O)O)C1. The third kappa shape index (κ3) is 1.75. The van der Waals surface area contributed by atoms with Crippen molar-refractivity contribution < 1.29 is 14.1 Å². The Morgan fingerprint density at radius 3 is 2.58 bits per heavy atom. The first-order valence-corrected chi connectivity index (χ1v) is 5.15. The van der Waals surface area contributed by atoms with Gasteiger partial charge in [-0.2, -0.15) is 0 Å². The fourth-order valence-electron chi connectivity index (χ4n) is 1.18. The van der Waals surface area contributed by atoms with Gasteiger partial charge in [0.2, 0.25) is 0 Å². The minimum atomic E-state index is -1.22. The summed E-state index contributed by atoms with van der Waals surface area (Å²) < 4.78 is 11.3. The summed E-state index contributed by atoms with van der Waals surface area (Å²) in [5.74, 6) is -0.525. The molecule has 4 heteroatoms. The van der Waals surface area contributed by atoms with Gasteiger partial charge in [0.15, 0.2) is 0 Å². The summed E-state index contributed by atoms with van der Waals surface area (Å²) in [6.07, 6.45) is 0.438. The Morgan fingerprint density at radius 1 is 1.50 bits per heavy atom. The van der Waals surface area contributed by atoms with Gasteiger partial charge in [0.25, 0.3) is 0 Å². The van der Waals surface area contributed by atoms with Crippen molar-refractivity contribution in [2.24, 2.45) is 0 Å². The molecule has 2 unspecified atom stereocenters. The Kier molecular flexibility index (Phi) is 2.67. The molecule has 0 aromatic rings. The normalized spacial score (nSPS) is 30.5. The molecule has 0 fully saturated rings. The van der Waals surface area contributed by atoms with Crippen LogP contribution in [0.4, 0.5) is 0 Å². The molecule has 0 spiro atoms. The van der Waals surface area contributed by atoms with Crippen molar-refractivity contribution in [3.63, 3.8) is 0 Å². The van der Waals surface area contributed by atoms with E-state index in [1.165, 1.54) is 0 Å². The maximum Gasteiger partial charge on any atom is 0.319 e. The predicted octanol–water partition coefficient (Wildman–Crippen LogP) is 0.928. The molecule has 12 heavy (non-hydrogen) atoms. The van der Waals surface area contributed by atoms with Crippen LogP contribution in [0.1, 0.15) is 20.3 Å². The standard InChI is InChI=1S/C8H12O3S/c1-5-3-7(8(9)10)12(11)4-6(5)2/h7H,3-4H2,1-2H3,(H,9,10). The Balaban J connectivity index is 2.86. The highest BCUT2D eigenvalue weighted by Gasteiger charge is 2.29. The first-order chi connectivity index (χ1) is 5.52. The molecular weight excluding hydrogens is 176 g/mol. The van der Waals surface area contributed by atoms with Gasteiger partial charge in [0, 0.05) is 16.6 Å². The molecule has 68 valence electrons. The molecule has 0 bridgehead atoms. The van der Waals surface area contributed by atoms with E-state index in [1.807, 2.05) is 13.8 Å². The maximum absolute atomic E-state index is 11.3. The second-order valence-corrected chi connectivity index (χ2v) is 4.74. The highest BCUT2D eigenvalue weighted by Crippen LogP contribution is 2.22. The maximum atomic E-state index is 11.3. The van der Waals surface area contributed by atoms with Crippen molar-refractivity contribution in [3.8, 4) is 0 Å². The lowest BCUT2D eigenvalue weighted by molar-refractivity contribution is -0.136. The molecule has 0 aromatic carbocycles. The molecule has 0 aromatic heterocycles. The van der Waals surface area contributed by atoms with Gasteiger partial charge in [0.05, 0.1) is 0 Å². The third-order valence-corrected chi connectivity index (χ3v) is 3.89. The van der Waals surface area contributed by atoms with Crippen LogP contribution in [-0.4, -0.2) is 26.3 Å². The number of carboxylic acids is 1. The van der Waals surface area contributed by atoms with Gasteiger partial charge in [-0.05, 0) is 20.3 Å². The number of hydrogen-bond acceptors (Lipinski definition) is 2. The molecule has 0 radical (unpaired) electrons. The largest absolute Gasteiger partial charge is 0.480 e. The fraction of sp³-hybridized carbons (Fsp3) is 0.625. The average Bonchev–Trinajstić information content (AvgIpc) is 1.96. The summed E-state index contributed by atoms with van der Waals surface area (Å²) in [4.78, 5) is 10.6. The van der Waals surface area contributed by atoms with Gasteiger partial charge < -0.3 is 5.11 Å². The first kappa shape index (κ1) is 9.45. The van der Waals surface area contributed by atoms with E-state index in [1.54, 1.807) is 0 Å². The van der Waals surface area contributed by atoms with Crippen LogP contribution in [-0.2, 0) is 15.6 Å². The van der Waals surface area contributed by atoms with E-state index in [2.05, 4.69) is 0 Å². The fourth-order valence-corrected chi connectivity index (χ4v) is 2.72. The Labute approximate surface area is 73.9 Å². The number of carbonyl (C=O) groups is 1. The second kappa shape index (κ2) is 3.39. The molecule has 1 aliphatic heterocycles. The minimum absolute atomic E-state index is 0.419. The average molecular weight is 188 g/mol. The molecule has 1 aliphatic rings. The van der Waals surface area contributed by atoms with Gasteiger partial charge in [0.1, 0.15) is 5.25 Å². The summed E-state index contributed by atoms with van der Waals surface area (Å²) in [5.41, 5.74) is 2.15. The first-order valence-electron chi connectivity index (χ1n) is 3.77. The van der Waals surface area contributed by atoms with E-state index in [0.29, 0.717) is 12.2 Å². The predicted molar refractivity (Wildman–Crippen MR) is 47.4 cm³/mol. The van der Waals surface area contributed by atoms with Crippen LogP contribution in [0.3, 0.4) is 0 Å². The van der Waals surface area contributed by atoms with E-state index < -0.39 is 22.0 Å². The molecule has 1 heterocycles. The highest BCUT2D eigenvalue weighted by atomic mass is 32.2. The summed E-state index contributed by atoms with van der Waals surface area (Å²) in [5, 5.41) is 8.01. The number of aliphatic carboxylic acids is 1. The molecule has 1 N–H and O–H groups in total. The zero-order valence-corrected chi connectivity index (χ0v) is 7.98. The monoisotopic (exact) mass is 188 g/mol. The van der Waals surface area contributed by atoms with Gasteiger partial charge in [-0.15, -0.1) is 0 Å². The van der Waals surface area contributed by atoms with Crippen molar-refractivity contribution in [3.05, 3.63) is 11.1 Å². The zero-order valence-electron chi connectivity index (χ0n) is 7.16. The number of allylic oxidation sites excluding steroid dienone is 1. The second-order valence-electron chi connectivity index (χ2n) is 3.12. The lowest BCUT2D eigenvalue weighted by Gasteiger charge is -2.20. The van der Waals surface area contributed by atoms with Crippen molar-refractivity contribution in [1.29, 1.82) is 0 Å². The lowest BCUT2D eigenvalue weighted by Crippen LogP contribution is -2.31. The van der Waals surface area contributed by atoms with Crippen LogP contribution in [0.15, 0.2) is 11.1 Å². The van der Waals surface area contributed by atoms with Gasteiger partial charge in [-0.3, -0.25) is 9.00 Å². The molecule has 0 amide bonds. The smallest absolute Gasteiger partial charge is 0.319 e. The summed E-state index contributed by atoms with van der Waals surface area (Å²) in [7, 11) is -1.22. The van der Waals surface area contributed by atoms with E-state index >= 15 is 0 Å². The number of hydrogen-bond donors (Lipinski definition) is 1. The molecule has 2 atom stereocenters. The minimum Gasteiger partial charge on any atom is -0.480 e. The van der Waals surface area contributed by atoms with Crippen LogP contribution >= 0.6 is 0 Å². The number of carboxylic acid groups (broad SMARTS) is 1. The van der Waals surface area contributed by atoms with Gasteiger partial charge in [-0.1, -0.05) is 11.1 Å². The molecular formula is C8H12O3S. The Hall–Kier alpha value is -0.640. The van der Waals surface area contributed by atoms with E-state index in [-0.39, 0.29) is 0 Å². The molecule has 1 rings (SSSR count). The zero-order chi connectivity index (χ0) is 9.30. The molecule has 0 aliphatic carbocycles. The Morgan fingerprint density at radius 2 is 2.08 bits per heavy atom. The molecule has 0 saturated carbocycles. The topological polar surface area (TPSA) is 54.4 Å². The third-order valence-electron chi connectivity index (χ3n) is 2.17. The highest BCUT2D eigenvalue weighted by molar-refractivity contribution is 7.86. The van der Waals surface area contributed by atoms with Gasteiger partial charge >= 0.3 is 5.97 Å². The number of rotatable bonds is 1.